The molecule has 0 aliphatic heterocycles. The molecule has 0 unspecified atom stereocenters. The molecular weight excluding hydrogens is 323 g/mol. The Morgan fingerprint density at radius 1 is 1.15 bits per heavy atom. The summed E-state index contributed by atoms with van der Waals surface area (Å²) in [5.74, 6) is -0.412. The maximum atomic E-state index is 13.2. The SMILES string of the molecule is Cc1ccc2oc(C(=O)c3ccc(F)c(Br)c3)cc2c1. The van der Waals surface area contributed by atoms with Gasteiger partial charge in [0, 0.05) is 10.9 Å². The molecule has 0 aliphatic carbocycles. The van der Waals surface area contributed by atoms with Crippen LogP contribution < -0.4 is 0 Å². The molecule has 3 rings (SSSR count). The van der Waals surface area contributed by atoms with Crippen molar-refractivity contribution >= 4 is 32.7 Å². The van der Waals surface area contributed by atoms with E-state index < -0.39 is 5.82 Å². The number of halogens is 2. The van der Waals surface area contributed by atoms with Gasteiger partial charge in [-0.15, -0.1) is 0 Å². The second kappa shape index (κ2) is 4.87. The number of carbonyl (C=O) groups is 1. The summed E-state index contributed by atoms with van der Waals surface area (Å²) in [6, 6.07) is 11.6. The quantitative estimate of drug-likeness (QED) is 0.626. The first-order chi connectivity index (χ1) is 9.54. The molecule has 4 heteroatoms. The molecule has 0 aliphatic rings. The third-order valence-electron chi connectivity index (χ3n) is 3.08. The van der Waals surface area contributed by atoms with Gasteiger partial charge in [0.1, 0.15) is 11.4 Å². The van der Waals surface area contributed by atoms with E-state index in [1.54, 1.807) is 6.07 Å². The maximum absolute atomic E-state index is 13.2. The number of fused-ring (bicyclic) bond motifs is 1. The highest BCUT2D eigenvalue weighted by molar-refractivity contribution is 9.10. The summed E-state index contributed by atoms with van der Waals surface area (Å²) in [7, 11) is 0. The van der Waals surface area contributed by atoms with Gasteiger partial charge in [0.15, 0.2) is 5.76 Å². The number of benzene rings is 2. The first kappa shape index (κ1) is 13.1. The van der Waals surface area contributed by atoms with Crippen molar-refractivity contribution in [2.45, 2.75) is 6.92 Å². The zero-order valence-corrected chi connectivity index (χ0v) is 12.2. The molecule has 0 N–H and O–H groups in total. The Morgan fingerprint density at radius 3 is 2.70 bits per heavy atom. The normalized spacial score (nSPS) is 10.9. The van der Waals surface area contributed by atoms with Crippen molar-refractivity contribution in [2.75, 3.05) is 0 Å². The lowest BCUT2D eigenvalue weighted by atomic mass is 10.1. The molecule has 0 spiro atoms. The van der Waals surface area contributed by atoms with Gasteiger partial charge in [-0.05, 0) is 59.3 Å². The first-order valence-electron chi connectivity index (χ1n) is 6.04. The summed E-state index contributed by atoms with van der Waals surface area (Å²) in [5, 5.41) is 0.884. The summed E-state index contributed by atoms with van der Waals surface area (Å²) in [6.45, 7) is 1.98. The minimum atomic E-state index is -0.401. The van der Waals surface area contributed by atoms with Crippen molar-refractivity contribution in [3.63, 3.8) is 0 Å². The Balaban J connectivity index is 2.05. The highest BCUT2D eigenvalue weighted by Crippen LogP contribution is 2.24. The van der Waals surface area contributed by atoms with Crippen LogP contribution in [0.25, 0.3) is 11.0 Å². The predicted octanol–water partition coefficient (Wildman–Crippen LogP) is 4.87. The number of furan rings is 1. The van der Waals surface area contributed by atoms with Crippen molar-refractivity contribution < 1.29 is 13.6 Å². The van der Waals surface area contributed by atoms with E-state index in [-0.39, 0.29) is 16.0 Å². The Bertz CT molecular complexity index is 820. The summed E-state index contributed by atoms with van der Waals surface area (Å²) in [4.78, 5) is 12.3. The van der Waals surface area contributed by atoms with Crippen molar-refractivity contribution in [1.29, 1.82) is 0 Å². The zero-order chi connectivity index (χ0) is 14.3. The largest absolute Gasteiger partial charge is 0.453 e. The second-order valence-corrected chi connectivity index (χ2v) is 5.46. The molecule has 0 bridgehead atoms. The summed E-state index contributed by atoms with van der Waals surface area (Å²) in [6.07, 6.45) is 0. The van der Waals surface area contributed by atoms with Crippen LogP contribution in [0.1, 0.15) is 21.7 Å². The van der Waals surface area contributed by atoms with Crippen LogP contribution in [-0.2, 0) is 0 Å². The van der Waals surface area contributed by atoms with Crippen LogP contribution in [0.4, 0.5) is 4.39 Å². The van der Waals surface area contributed by atoms with Crippen LogP contribution in [0.15, 0.2) is 51.4 Å². The molecule has 0 fully saturated rings. The molecule has 3 aromatic rings. The van der Waals surface area contributed by atoms with Crippen LogP contribution in [-0.4, -0.2) is 5.78 Å². The minimum absolute atomic E-state index is 0.254. The van der Waals surface area contributed by atoms with E-state index in [0.29, 0.717) is 11.1 Å². The summed E-state index contributed by atoms with van der Waals surface area (Å²) in [5.41, 5.74) is 2.15. The van der Waals surface area contributed by atoms with Crippen LogP contribution in [0.5, 0.6) is 0 Å². The van der Waals surface area contributed by atoms with Gasteiger partial charge in [-0.2, -0.15) is 0 Å². The Hall–Kier alpha value is -1.94. The van der Waals surface area contributed by atoms with Crippen LogP contribution in [0.2, 0.25) is 0 Å². The highest BCUT2D eigenvalue weighted by atomic mass is 79.9. The van der Waals surface area contributed by atoms with E-state index in [1.807, 2.05) is 25.1 Å². The maximum Gasteiger partial charge on any atom is 0.228 e. The highest BCUT2D eigenvalue weighted by Gasteiger charge is 2.15. The topological polar surface area (TPSA) is 30.2 Å². The molecule has 2 nitrogen and oxygen atoms in total. The van der Waals surface area contributed by atoms with E-state index >= 15 is 0 Å². The van der Waals surface area contributed by atoms with E-state index in [2.05, 4.69) is 15.9 Å². The molecule has 0 radical (unpaired) electrons. The monoisotopic (exact) mass is 332 g/mol. The zero-order valence-electron chi connectivity index (χ0n) is 10.6. The lowest BCUT2D eigenvalue weighted by molar-refractivity contribution is 0.101. The molecular formula is C16H10BrFO2. The number of hydrogen-bond donors (Lipinski definition) is 0. The molecule has 0 amide bonds. The van der Waals surface area contributed by atoms with Crippen molar-refractivity contribution in [3.8, 4) is 0 Å². The number of rotatable bonds is 2. The predicted molar refractivity (Wildman–Crippen MR) is 78.5 cm³/mol. The van der Waals surface area contributed by atoms with Gasteiger partial charge in [-0.25, -0.2) is 4.39 Å². The smallest absolute Gasteiger partial charge is 0.228 e. The van der Waals surface area contributed by atoms with Gasteiger partial charge in [0.2, 0.25) is 5.78 Å². The average molecular weight is 333 g/mol. The lowest BCUT2D eigenvalue weighted by Crippen LogP contribution is -1.99. The fraction of sp³-hybridized carbons (Fsp3) is 0.0625. The molecule has 2 aromatic carbocycles. The number of carbonyl (C=O) groups excluding carboxylic acids is 1. The summed E-state index contributed by atoms with van der Waals surface area (Å²) < 4.78 is 19.0. The fourth-order valence-corrected chi connectivity index (χ4v) is 2.43. The van der Waals surface area contributed by atoms with Crippen LogP contribution in [0, 0.1) is 12.7 Å². The van der Waals surface area contributed by atoms with Gasteiger partial charge in [0.25, 0.3) is 0 Å². The molecule has 1 aromatic heterocycles. The third kappa shape index (κ3) is 2.27. The molecule has 0 saturated heterocycles. The lowest BCUT2D eigenvalue weighted by Gasteiger charge is -1.99. The molecule has 1 heterocycles. The molecule has 0 saturated carbocycles. The fourth-order valence-electron chi connectivity index (χ4n) is 2.05. The van der Waals surface area contributed by atoms with Gasteiger partial charge >= 0.3 is 0 Å². The van der Waals surface area contributed by atoms with Gasteiger partial charge in [-0.1, -0.05) is 11.6 Å². The van der Waals surface area contributed by atoms with Crippen LogP contribution in [0.3, 0.4) is 0 Å². The number of hydrogen-bond acceptors (Lipinski definition) is 2. The standard InChI is InChI=1S/C16H10BrFO2/c1-9-2-5-14-11(6-9)8-15(20-14)16(19)10-3-4-13(18)12(17)7-10/h2-8H,1H3. The van der Waals surface area contributed by atoms with Gasteiger partial charge in [-0.3, -0.25) is 4.79 Å². The van der Waals surface area contributed by atoms with E-state index in [0.717, 1.165) is 10.9 Å². The van der Waals surface area contributed by atoms with Crippen molar-refractivity contribution in [2.24, 2.45) is 0 Å². The summed E-state index contributed by atoms with van der Waals surface area (Å²) >= 11 is 3.07. The molecule has 20 heavy (non-hydrogen) atoms. The van der Waals surface area contributed by atoms with Crippen molar-refractivity contribution in [3.05, 3.63) is 69.6 Å². The average Bonchev–Trinajstić information content (AvgIpc) is 2.84. The minimum Gasteiger partial charge on any atom is -0.453 e. The van der Waals surface area contributed by atoms with E-state index in [9.17, 15) is 9.18 Å². The number of aryl methyl sites for hydroxylation is 1. The molecule has 0 atom stereocenters. The van der Waals surface area contributed by atoms with E-state index in [4.69, 9.17) is 4.42 Å². The van der Waals surface area contributed by atoms with Crippen molar-refractivity contribution in [1.82, 2.24) is 0 Å². The number of ketones is 1. The first-order valence-corrected chi connectivity index (χ1v) is 6.84. The Morgan fingerprint density at radius 2 is 1.95 bits per heavy atom. The molecule has 100 valence electrons. The van der Waals surface area contributed by atoms with Gasteiger partial charge in [0.05, 0.1) is 4.47 Å². The van der Waals surface area contributed by atoms with E-state index in [1.165, 1.54) is 18.2 Å². The van der Waals surface area contributed by atoms with Gasteiger partial charge < -0.3 is 4.42 Å². The Labute approximate surface area is 123 Å². The third-order valence-corrected chi connectivity index (χ3v) is 3.69. The van der Waals surface area contributed by atoms with Crippen LogP contribution >= 0.6 is 15.9 Å². The Kier molecular flexibility index (Phi) is 3.18. The second-order valence-electron chi connectivity index (χ2n) is 4.61.